The second-order valence-corrected chi connectivity index (χ2v) is 5.87. The van der Waals surface area contributed by atoms with Gasteiger partial charge in [0.2, 0.25) is 0 Å². The van der Waals surface area contributed by atoms with Crippen molar-refractivity contribution in [3.05, 3.63) is 35.1 Å². The summed E-state index contributed by atoms with van der Waals surface area (Å²) in [5.41, 5.74) is 2.13. The second kappa shape index (κ2) is 7.19. The summed E-state index contributed by atoms with van der Waals surface area (Å²) >= 11 is 0. The van der Waals surface area contributed by atoms with Crippen molar-refractivity contribution >= 4 is 0 Å². The van der Waals surface area contributed by atoms with Gasteiger partial charge < -0.3 is 10.1 Å². The third-order valence-electron chi connectivity index (χ3n) is 4.59. The van der Waals surface area contributed by atoms with Gasteiger partial charge in [0.1, 0.15) is 5.82 Å². The van der Waals surface area contributed by atoms with E-state index in [1.165, 1.54) is 32.1 Å². The smallest absolute Gasteiger partial charge is 0.123 e. The van der Waals surface area contributed by atoms with Crippen molar-refractivity contribution < 1.29 is 9.13 Å². The first kappa shape index (κ1) is 15.5. The molecule has 20 heavy (non-hydrogen) atoms. The van der Waals surface area contributed by atoms with Gasteiger partial charge in [-0.15, -0.1) is 0 Å². The number of methoxy groups -OCH3 is 1. The van der Waals surface area contributed by atoms with E-state index in [0.717, 1.165) is 11.1 Å². The molecule has 0 aliphatic heterocycles. The zero-order valence-corrected chi connectivity index (χ0v) is 12.8. The molecule has 0 bridgehead atoms. The predicted molar refractivity (Wildman–Crippen MR) is 80.3 cm³/mol. The van der Waals surface area contributed by atoms with Crippen LogP contribution in [-0.4, -0.2) is 20.3 Å². The highest BCUT2D eigenvalue weighted by Crippen LogP contribution is 2.34. The Morgan fingerprint density at radius 1 is 1.25 bits per heavy atom. The Bertz CT molecular complexity index is 429. The van der Waals surface area contributed by atoms with E-state index in [4.69, 9.17) is 4.74 Å². The first-order valence-corrected chi connectivity index (χ1v) is 7.63. The number of aryl methyl sites for hydroxylation is 1. The van der Waals surface area contributed by atoms with Gasteiger partial charge in [0.25, 0.3) is 0 Å². The van der Waals surface area contributed by atoms with Gasteiger partial charge in [0.05, 0.1) is 12.1 Å². The van der Waals surface area contributed by atoms with Crippen molar-refractivity contribution in [2.45, 2.75) is 51.2 Å². The van der Waals surface area contributed by atoms with Crippen LogP contribution in [0.3, 0.4) is 0 Å². The minimum absolute atomic E-state index is 0.128. The lowest BCUT2D eigenvalue weighted by Gasteiger charge is -2.35. The summed E-state index contributed by atoms with van der Waals surface area (Å²) in [6, 6.07) is 5.16. The average Bonchev–Trinajstić information content (AvgIpc) is 2.46. The monoisotopic (exact) mass is 279 g/mol. The molecule has 2 rings (SSSR count). The van der Waals surface area contributed by atoms with Gasteiger partial charge in [-0.05, 0) is 56.0 Å². The van der Waals surface area contributed by atoms with Gasteiger partial charge >= 0.3 is 0 Å². The van der Waals surface area contributed by atoms with Gasteiger partial charge in [0.15, 0.2) is 0 Å². The van der Waals surface area contributed by atoms with Crippen molar-refractivity contribution in [3.8, 4) is 0 Å². The van der Waals surface area contributed by atoms with Crippen LogP contribution in [-0.2, 0) is 4.74 Å². The minimum Gasteiger partial charge on any atom is -0.379 e. The Morgan fingerprint density at radius 2 is 1.95 bits per heavy atom. The number of hydrogen-bond acceptors (Lipinski definition) is 2. The van der Waals surface area contributed by atoms with Gasteiger partial charge in [-0.1, -0.05) is 25.3 Å². The zero-order valence-electron chi connectivity index (χ0n) is 12.8. The van der Waals surface area contributed by atoms with Crippen molar-refractivity contribution in [1.29, 1.82) is 0 Å². The fraction of sp³-hybridized carbons (Fsp3) is 0.647. The first-order valence-electron chi connectivity index (χ1n) is 7.63. The quantitative estimate of drug-likeness (QED) is 0.880. The molecular weight excluding hydrogens is 253 g/mol. The van der Waals surface area contributed by atoms with E-state index in [-0.39, 0.29) is 18.0 Å². The lowest BCUT2D eigenvalue weighted by molar-refractivity contribution is 0.00925. The summed E-state index contributed by atoms with van der Waals surface area (Å²) in [7, 11) is 3.75. The number of hydrogen-bond donors (Lipinski definition) is 1. The average molecular weight is 279 g/mol. The molecule has 2 atom stereocenters. The summed E-state index contributed by atoms with van der Waals surface area (Å²) in [6.07, 6.45) is 6.55. The van der Waals surface area contributed by atoms with Gasteiger partial charge in [-0.2, -0.15) is 0 Å². The minimum atomic E-state index is -0.173. The molecule has 0 saturated heterocycles. The molecule has 0 spiro atoms. The lowest BCUT2D eigenvalue weighted by Crippen LogP contribution is -2.38. The van der Waals surface area contributed by atoms with Gasteiger partial charge in [-0.25, -0.2) is 4.39 Å². The van der Waals surface area contributed by atoms with Crippen molar-refractivity contribution in [1.82, 2.24) is 5.32 Å². The predicted octanol–water partition coefficient (Wildman–Crippen LogP) is 3.99. The molecule has 1 aromatic rings. The molecule has 1 saturated carbocycles. The van der Waals surface area contributed by atoms with E-state index in [9.17, 15) is 4.39 Å². The summed E-state index contributed by atoms with van der Waals surface area (Å²) < 4.78 is 19.1. The molecule has 1 fully saturated rings. The molecule has 0 amide bonds. The van der Waals surface area contributed by atoms with Crippen LogP contribution in [0.1, 0.15) is 49.3 Å². The number of nitrogens with one attached hydrogen (secondary N) is 1. The standard InChI is InChI=1S/C17H26FNO/c1-12-11-14(18)9-10-15(12)16(19-2)17(20-3)13-7-5-4-6-8-13/h9-11,13,16-17,19H,4-8H2,1-3H3. The van der Waals surface area contributed by atoms with Crippen LogP contribution in [0.5, 0.6) is 0 Å². The highest BCUT2D eigenvalue weighted by molar-refractivity contribution is 5.30. The van der Waals surface area contributed by atoms with E-state index in [1.54, 1.807) is 19.2 Å². The zero-order chi connectivity index (χ0) is 14.5. The maximum atomic E-state index is 13.3. The van der Waals surface area contributed by atoms with Crippen LogP contribution in [0.25, 0.3) is 0 Å². The van der Waals surface area contributed by atoms with E-state index >= 15 is 0 Å². The third kappa shape index (κ3) is 3.39. The Hall–Kier alpha value is -0.930. The number of likely N-dealkylation sites (N-methyl/N-ethyl adjacent to an activating group) is 1. The highest BCUT2D eigenvalue weighted by Gasteiger charge is 2.31. The van der Waals surface area contributed by atoms with Crippen molar-refractivity contribution in [2.24, 2.45) is 5.92 Å². The summed E-state index contributed by atoms with van der Waals surface area (Å²) in [4.78, 5) is 0. The van der Waals surface area contributed by atoms with E-state index in [2.05, 4.69) is 5.32 Å². The maximum Gasteiger partial charge on any atom is 0.123 e. The molecule has 0 radical (unpaired) electrons. The van der Waals surface area contributed by atoms with Crippen LogP contribution in [0, 0.1) is 18.7 Å². The fourth-order valence-electron chi connectivity index (χ4n) is 3.55. The molecule has 3 heteroatoms. The number of rotatable bonds is 5. The maximum absolute atomic E-state index is 13.3. The Labute approximate surface area is 121 Å². The number of halogens is 1. The van der Waals surface area contributed by atoms with Crippen LogP contribution in [0.15, 0.2) is 18.2 Å². The Morgan fingerprint density at radius 3 is 2.50 bits per heavy atom. The molecule has 1 aliphatic carbocycles. The molecule has 2 unspecified atom stereocenters. The fourth-order valence-corrected chi connectivity index (χ4v) is 3.55. The van der Waals surface area contributed by atoms with Gasteiger partial charge in [0, 0.05) is 7.11 Å². The third-order valence-corrected chi connectivity index (χ3v) is 4.59. The van der Waals surface area contributed by atoms with Crippen molar-refractivity contribution in [2.75, 3.05) is 14.2 Å². The van der Waals surface area contributed by atoms with E-state index in [0.29, 0.717) is 5.92 Å². The molecule has 1 N–H and O–H groups in total. The number of benzene rings is 1. The topological polar surface area (TPSA) is 21.3 Å². The molecule has 1 aromatic carbocycles. The van der Waals surface area contributed by atoms with Gasteiger partial charge in [-0.3, -0.25) is 0 Å². The largest absolute Gasteiger partial charge is 0.379 e. The second-order valence-electron chi connectivity index (χ2n) is 5.87. The Kier molecular flexibility index (Phi) is 5.55. The molecule has 0 aromatic heterocycles. The van der Waals surface area contributed by atoms with E-state index in [1.807, 2.05) is 20.0 Å². The summed E-state index contributed by atoms with van der Waals surface area (Å²) in [6.45, 7) is 1.97. The molecule has 2 nitrogen and oxygen atoms in total. The van der Waals surface area contributed by atoms with Crippen LogP contribution in [0.4, 0.5) is 4.39 Å². The van der Waals surface area contributed by atoms with Crippen molar-refractivity contribution in [3.63, 3.8) is 0 Å². The Balaban J connectivity index is 2.23. The number of ether oxygens (including phenoxy) is 1. The molecule has 0 heterocycles. The molecule has 1 aliphatic rings. The van der Waals surface area contributed by atoms with E-state index < -0.39 is 0 Å². The SMILES string of the molecule is CNC(c1ccc(F)cc1C)C(OC)C1CCCCC1. The summed E-state index contributed by atoms with van der Waals surface area (Å²) in [5.74, 6) is 0.420. The van der Waals surface area contributed by atoms with Crippen LogP contribution >= 0.6 is 0 Å². The highest BCUT2D eigenvalue weighted by atomic mass is 19.1. The van der Waals surface area contributed by atoms with Crippen LogP contribution in [0.2, 0.25) is 0 Å². The molecular formula is C17H26FNO. The van der Waals surface area contributed by atoms with Crippen LogP contribution < -0.4 is 5.32 Å². The summed E-state index contributed by atoms with van der Waals surface area (Å²) in [5, 5.41) is 3.38. The normalized spacial score (nSPS) is 19.8. The first-order chi connectivity index (χ1) is 9.67. The lowest BCUT2D eigenvalue weighted by atomic mass is 9.80. The molecule has 112 valence electrons.